The monoisotopic (exact) mass is 292 g/mol. The highest BCUT2D eigenvalue weighted by atomic mass is 127. The van der Waals surface area contributed by atoms with Crippen LogP contribution in [-0.4, -0.2) is 10.9 Å². The van der Waals surface area contributed by atoms with Crippen molar-refractivity contribution in [3.8, 4) is 0 Å². The van der Waals surface area contributed by atoms with E-state index >= 15 is 0 Å². The van der Waals surface area contributed by atoms with E-state index in [1.165, 1.54) is 0 Å². The molecule has 5 heteroatoms. The standard InChI is InChI=1S/C8H9IN2O2/c1-4-3-6(8(13)11-9)7(12)10-5(4)2/h3H,1-2H3,(H,10,12)(H,11,13). The van der Waals surface area contributed by atoms with Crippen LogP contribution in [0.2, 0.25) is 0 Å². The average molecular weight is 292 g/mol. The first-order valence-corrected chi connectivity index (χ1v) is 4.75. The first-order valence-electron chi connectivity index (χ1n) is 3.67. The second kappa shape index (κ2) is 3.91. The van der Waals surface area contributed by atoms with E-state index in [4.69, 9.17) is 0 Å². The summed E-state index contributed by atoms with van der Waals surface area (Å²) in [5.41, 5.74) is 1.49. The molecule has 70 valence electrons. The number of nitrogens with one attached hydrogen (secondary N) is 2. The molecule has 0 spiro atoms. The van der Waals surface area contributed by atoms with Crippen LogP contribution in [0.3, 0.4) is 0 Å². The third kappa shape index (κ3) is 2.09. The number of aromatic nitrogens is 1. The molecule has 0 unspecified atom stereocenters. The van der Waals surface area contributed by atoms with E-state index < -0.39 is 0 Å². The van der Waals surface area contributed by atoms with E-state index in [-0.39, 0.29) is 17.0 Å². The van der Waals surface area contributed by atoms with Crippen LogP contribution in [0.4, 0.5) is 0 Å². The molecule has 4 nitrogen and oxygen atoms in total. The lowest BCUT2D eigenvalue weighted by Gasteiger charge is -2.02. The fourth-order valence-electron chi connectivity index (χ4n) is 0.946. The molecular weight excluding hydrogens is 283 g/mol. The Labute approximate surface area is 89.2 Å². The smallest absolute Gasteiger partial charge is 0.265 e. The number of pyridine rings is 1. The van der Waals surface area contributed by atoms with Crippen molar-refractivity contribution in [1.82, 2.24) is 8.51 Å². The normalized spacial score (nSPS) is 9.77. The van der Waals surface area contributed by atoms with E-state index in [9.17, 15) is 9.59 Å². The van der Waals surface area contributed by atoms with Gasteiger partial charge in [-0.3, -0.25) is 13.1 Å². The molecule has 0 aliphatic carbocycles. The third-order valence-corrected chi connectivity index (χ3v) is 2.32. The summed E-state index contributed by atoms with van der Waals surface area (Å²) in [6, 6.07) is 1.59. The number of rotatable bonds is 1. The zero-order valence-electron chi connectivity index (χ0n) is 7.27. The van der Waals surface area contributed by atoms with Crippen LogP contribution in [0.5, 0.6) is 0 Å². The summed E-state index contributed by atoms with van der Waals surface area (Å²) in [4.78, 5) is 25.0. The predicted molar refractivity (Wildman–Crippen MR) is 58.0 cm³/mol. The molecule has 0 saturated heterocycles. The minimum atomic E-state index is -0.370. The molecule has 0 radical (unpaired) electrons. The van der Waals surface area contributed by atoms with Crippen LogP contribution in [0.15, 0.2) is 10.9 Å². The molecule has 1 aromatic rings. The van der Waals surface area contributed by atoms with Gasteiger partial charge in [0.15, 0.2) is 0 Å². The van der Waals surface area contributed by atoms with Gasteiger partial charge in [-0.25, -0.2) is 0 Å². The number of halogens is 1. The largest absolute Gasteiger partial charge is 0.326 e. The lowest BCUT2D eigenvalue weighted by molar-refractivity contribution is 0.0988. The maximum atomic E-state index is 11.3. The van der Waals surface area contributed by atoms with Gasteiger partial charge >= 0.3 is 0 Å². The van der Waals surface area contributed by atoms with Gasteiger partial charge < -0.3 is 4.98 Å². The van der Waals surface area contributed by atoms with Gasteiger partial charge in [-0.2, -0.15) is 0 Å². The maximum absolute atomic E-state index is 11.3. The van der Waals surface area contributed by atoms with Gasteiger partial charge in [-0.05, 0) is 25.5 Å². The Morgan fingerprint density at radius 2 is 2.15 bits per heavy atom. The summed E-state index contributed by atoms with van der Waals surface area (Å²) in [6.45, 7) is 3.64. The zero-order valence-corrected chi connectivity index (χ0v) is 9.43. The molecule has 0 atom stereocenters. The summed E-state index contributed by atoms with van der Waals surface area (Å²) in [5.74, 6) is -0.370. The molecule has 0 fully saturated rings. The van der Waals surface area contributed by atoms with Gasteiger partial charge in [0.1, 0.15) is 5.56 Å². The highest BCUT2D eigenvalue weighted by molar-refractivity contribution is 14.1. The summed E-state index contributed by atoms with van der Waals surface area (Å²) in [5, 5.41) is 0. The number of aryl methyl sites for hydroxylation is 2. The molecule has 1 aromatic heterocycles. The maximum Gasteiger partial charge on any atom is 0.265 e. The van der Waals surface area contributed by atoms with Crippen LogP contribution >= 0.6 is 22.9 Å². The highest BCUT2D eigenvalue weighted by Gasteiger charge is 2.09. The van der Waals surface area contributed by atoms with Gasteiger partial charge in [0, 0.05) is 5.69 Å². The van der Waals surface area contributed by atoms with Crippen LogP contribution in [0, 0.1) is 13.8 Å². The predicted octanol–water partition coefficient (Wildman–Crippen LogP) is 1.07. The Balaban J connectivity index is 3.32. The Hall–Kier alpha value is -0.850. The SMILES string of the molecule is Cc1cc(C(=O)NI)c(=O)[nH]c1C. The average Bonchev–Trinajstić information content (AvgIpc) is 2.10. The molecule has 0 aliphatic rings. The number of hydrogen-bond donors (Lipinski definition) is 2. The summed E-state index contributed by atoms with van der Waals surface area (Å²) < 4.78 is 2.38. The van der Waals surface area contributed by atoms with E-state index in [0.29, 0.717) is 0 Å². The van der Waals surface area contributed by atoms with Crippen molar-refractivity contribution in [2.45, 2.75) is 13.8 Å². The second-order valence-corrected chi connectivity index (χ2v) is 3.28. The molecule has 13 heavy (non-hydrogen) atoms. The van der Waals surface area contributed by atoms with Crippen LogP contribution in [0.1, 0.15) is 21.6 Å². The van der Waals surface area contributed by atoms with E-state index in [0.717, 1.165) is 11.3 Å². The minimum Gasteiger partial charge on any atom is -0.326 e. The number of aromatic amines is 1. The fraction of sp³-hybridized carbons (Fsp3) is 0.250. The van der Waals surface area contributed by atoms with Gasteiger partial charge in [0.2, 0.25) is 0 Å². The zero-order chi connectivity index (χ0) is 10.0. The molecule has 0 bridgehead atoms. The topological polar surface area (TPSA) is 62.0 Å². The van der Waals surface area contributed by atoms with Crippen molar-refractivity contribution in [3.63, 3.8) is 0 Å². The number of hydrogen-bond acceptors (Lipinski definition) is 2. The van der Waals surface area contributed by atoms with E-state index in [1.54, 1.807) is 35.9 Å². The van der Waals surface area contributed by atoms with E-state index in [1.807, 2.05) is 6.92 Å². The summed E-state index contributed by atoms with van der Waals surface area (Å²) in [6.07, 6.45) is 0. The van der Waals surface area contributed by atoms with Gasteiger partial charge in [0.05, 0.1) is 22.9 Å². The van der Waals surface area contributed by atoms with Gasteiger partial charge in [-0.1, -0.05) is 0 Å². The number of carbonyl (C=O) groups excluding carboxylic acids is 1. The van der Waals surface area contributed by atoms with Crippen molar-refractivity contribution < 1.29 is 4.79 Å². The quantitative estimate of drug-likeness (QED) is 0.601. The molecule has 2 N–H and O–H groups in total. The summed E-state index contributed by atoms with van der Waals surface area (Å²) >= 11 is 1.70. The van der Waals surface area contributed by atoms with Crippen molar-refractivity contribution in [2.24, 2.45) is 0 Å². The van der Waals surface area contributed by atoms with Crippen molar-refractivity contribution in [2.75, 3.05) is 0 Å². The molecule has 0 saturated carbocycles. The van der Waals surface area contributed by atoms with Crippen molar-refractivity contribution in [3.05, 3.63) is 33.2 Å². The lowest BCUT2D eigenvalue weighted by atomic mass is 10.1. The second-order valence-electron chi connectivity index (χ2n) is 2.74. The number of H-pyrrole nitrogens is 1. The van der Waals surface area contributed by atoms with Crippen LogP contribution < -0.4 is 9.09 Å². The van der Waals surface area contributed by atoms with Gasteiger partial charge in [-0.15, -0.1) is 0 Å². The lowest BCUT2D eigenvalue weighted by Crippen LogP contribution is -2.24. The Morgan fingerprint density at radius 3 is 2.69 bits per heavy atom. The van der Waals surface area contributed by atoms with Crippen molar-refractivity contribution >= 4 is 28.8 Å². The molecule has 1 rings (SSSR count). The first kappa shape index (κ1) is 10.2. The van der Waals surface area contributed by atoms with Crippen LogP contribution in [0.25, 0.3) is 0 Å². The molecule has 1 heterocycles. The molecule has 1 amide bonds. The summed E-state index contributed by atoms with van der Waals surface area (Å²) in [7, 11) is 0. The first-order chi connectivity index (χ1) is 6.06. The number of carbonyl (C=O) groups is 1. The molecule has 0 aromatic carbocycles. The van der Waals surface area contributed by atoms with E-state index in [2.05, 4.69) is 8.51 Å². The molecule has 0 aliphatic heterocycles. The number of amides is 1. The third-order valence-electron chi connectivity index (χ3n) is 1.83. The Morgan fingerprint density at radius 1 is 1.54 bits per heavy atom. The Bertz CT molecular complexity index is 398. The highest BCUT2D eigenvalue weighted by Crippen LogP contribution is 2.02. The van der Waals surface area contributed by atoms with Crippen molar-refractivity contribution in [1.29, 1.82) is 0 Å². The molecular formula is C8H9IN2O2. The minimum absolute atomic E-state index is 0.150. The fourth-order valence-corrected chi connectivity index (χ4v) is 1.24. The van der Waals surface area contributed by atoms with Gasteiger partial charge in [0.25, 0.3) is 11.5 Å². The Kier molecular flexibility index (Phi) is 3.07. The van der Waals surface area contributed by atoms with Crippen LogP contribution in [-0.2, 0) is 0 Å².